The molecule has 5 nitrogen and oxygen atoms in total. The molecule has 9 heteroatoms. The summed E-state index contributed by atoms with van der Waals surface area (Å²) in [7, 11) is -2.84. The molecule has 1 N–H and O–H groups in total. The Bertz CT molecular complexity index is 1010. The molecule has 0 heterocycles. The first-order valence-corrected chi connectivity index (χ1v) is 9.62. The van der Waals surface area contributed by atoms with E-state index in [0.717, 1.165) is 6.08 Å². The van der Waals surface area contributed by atoms with Crippen LogP contribution in [0.25, 0.3) is 6.08 Å². The second-order valence-electron chi connectivity index (χ2n) is 4.74. The molecule has 0 aliphatic carbocycles. The number of rotatable bonds is 4. The van der Waals surface area contributed by atoms with Crippen molar-refractivity contribution in [3.05, 3.63) is 55.3 Å². The zero-order chi connectivity index (χ0) is 18.8. The maximum Gasteiger partial charge on any atom is 0.218 e. The smallest absolute Gasteiger partial charge is 0.218 e. The van der Waals surface area contributed by atoms with Crippen molar-refractivity contribution >= 4 is 55.0 Å². The summed E-state index contributed by atoms with van der Waals surface area (Å²) in [6.45, 7) is 0. The van der Waals surface area contributed by atoms with E-state index in [1.54, 1.807) is 6.07 Å². The lowest BCUT2D eigenvalue weighted by Gasteiger charge is -2.09. The molecule has 2 aromatic rings. The molecule has 0 aliphatic heterocycles. The number of allylic oxidation sites excluding steroid dienone is 1. The molecule has 0 unspecified atom stereocenters. The molecular formula is C16H10BrCl2NO4S. The number of phenols is 1. The molecule has 0 aromatic heterocycles. The van der Waals surface area contributed by atoms with E-state index < -0.39 is 14.7 Å². The molecule has 130 valence electrons. The van der Waals surface area contributed by atoms with Crippen molar-refractivity contribution in [1.82, 2.24) is 0 Å². The van der Waals surface area contributed by atoms with Gasteiger partial charge in [-0.15, -0.1) is 0 Å². The summed E-state index contributed by atoms with van der Waals surface area (Å²) < 4.78 is 30.9. The lowest BCUT2D eigenvalue weighted by molar-refractivity contribution is 0.373. The SMILES string of the molecule is COc1cc(C=C(C#N)S(=O)(=O)c2cc(Cl)ccc2Cl)c(Br)cc1O. The van der Waals surface area contributed by atoms with E-state index in [-0.39, 0.29) is 26.4 Å². The van der Waals surface area contributed by atoms with Gasteiger partial charge in [-0.25, -0.2) is 8.42 Å². The number of halogens is 3. The van der Waals surface area contributed by atoms with Crippen molar-refractivity contribution in [2.24, 2.45) is 0 Å². The Morgan fingerprint density at radius 1 is 1.32 bits per heavy atom. The van der Waals surface area contributed by atoms with Gasteiger partial charge in [-0.3, -0.25) is 0 Å². The van der Waals surface area contributed by atoms with Crippen LogP contribution in [0.3, 0.4) is 0 Å². The number of nitrogens with zero attached hydrogens (tertiary/aromatic N) is 1. The topological polar surface area (TPSA) is 87.4 Å². The summed E-state index contributed by atoms with van der Waals surface area (Å²) in [6, 6.07) is 8.35. The van der Waals surface area contributed by atoms with Gasteiger partial charge in [0, 0.05) is 9.50 Å². The molecule has 0 spiro atoms. The van der Waals surface area contributed by atoms with Gasteiger partial charge in [0.05, 0.1) is 17.0 Å². The zero-order valence-electron chi connectivity index (χ0n) is 12.6. The number of hydrogen-bond acceptors (Lipinski definition) is 5. The number of phenolic OH excluding ortho intramolecular Hbond substituents is 1. The summed E-state index contributed by atoms with van der Waals surface area (Å²) in [4.78, 5) is -0.804. The first-order valence-electron chi connectivity index (χ1n) is 6.59. The predicted molar refractivity (Wildman–Crippen MR) is 99.6 cm³/mol. The van der Waals surface area contributed by atoms with Crippen LogP contribution in [-0.2, 0) is 9.84 Å². The molecule has 0 saturated heterocycles. The maximum absolute atomic E-state index is 12.7. The van der Waals surface area contributed by atoms with Crippen molar-refractivity contribution < 1.29 is 18.3 Å². The monoisotopic (exact) mass is 461 g/mol. The average Bonchev–Trinajstić information content (AvgIpc) is 2.56. The molecule has 0 atom stereocenters. The molecule has 0 amide bonds. The van der Waals surface area contributed by atoms with Crippen LogP contribution in [0.5, 0.6) is 11.5 Å². The Kier molecular flexibility index (Phi) is 6.01. The molecule has 2 rings (SSSR count). The van der Waals surface area contributed by atoms with Gasteiger partial charge < -0.3 is 9.84 Å². The highest BCUT2D eigenvalue weighted by Crippen LogP contribution is 2.35. The number of ether oxygens (including phenoxy) is 1. The normalized spacial score (nSPS) is 11.9. The van der Waals surface area contributed by atoms with Crippen molar-refractivity contribution in [2.75, 3.05) is 7.11 Å². The van der Waals surface area contributed by atoms with E-state index in [1.807, 2.05) is 0 Å². The van der Waals surface area contributed by atoms with E-state index in [1.165, 1.54) is 37.4 Å². The van der Waals surface area contributed by atoms with Gasteiger partial charge in [-0.2, -0.15) is 5.26 Å². The van der Waals surface area contributed by atoms with Gasteiger partial charge in [0.2, 0.25) is 9.84 Å². The first kappa shape index (κ1) is 19.6. The summed E-state index contributed by atoms with van der Waals surface area (Å²) in [5, 5.41) is 19.2. The van der Waals surface area contributed by atoms with Crippen molar-refractivity contribution in [3.63, 3.8) is 0 Å². The highest BCUT2D eigenvalue weighted by atomic mass is 79.9. The summed E-state index contributed by atoms with van der Waals surface area (Å²) >= 11 is 15.0. The van der Waals surface area contributed by atoms with Crippen LogP contribution in [0, 0.1) is 11.3 Å². The molecular weight excluding hydrogens is 453 g/mol. The number of hydrogen-bond donors (Lipinski definition) is 1. The minimum Gasteiger partial charge on any atom is -0.504 e. The third kappa shape index (κ3) is 4.10. The van der Waals surface area contributed by atoms with Gasteiger partial charge in [0.25, 0.3) is 0 Å². The molecule has 0 bridgehead atoms. The van der Waals surface area contributed by atoms with Crippen molar-refractivity contribution in [1.29, 1.82) is 5.26 Å². The van der Waals surface area contributed by atoms with Crippen LogP contribution in [0.15, 0.2) is 44.6 Å². The van der Waals surface area contributed by atoms with Gasteiger partial charge >= 0.3 is 0 Å². The van der Waals surface area contributed by atoms with Gasteiger partial charge in [-0.05, 0) is 42.0 Å². The fourth-order valence-electron chi connectivity index (χ4n) is 1.95. The Labute approximate surface area is 163 Å². The molecule has 0 fully saturated rings. The van der Waals surface area contributed by atoms with Crippen molar-refractivity contribution in [2.45, 2.75) is 4.90 Å². The van der Waals surface area contributed by atoms with Crippen LogP contribution >= 0.6 is 39.1 Å². The van der Waals surface area contributed by atoms with E-state index in [2.05, 4.69) is 15.9 Å². The lowest BCUT2D eigenvalue weighted by Crippen LogP contribution is -2.04. The first-order chi connectivity index (χ1) is 11.7. The average molecular weight is 463 g/mol. The van der Waals surface area contributed by atoms with Crippen LogP contribution in [0.4, 0.5) is 0 Å². The zero-order valence-corrected chi connectivity index (χ0v) is 16.5. The Morgan fingerprint density at radius 2 is 2.00 bits per heavy atom. The number of methoxy groups -OCH3 is 1. The van der Waals surface area contributed by atoms with Crippen LogP contribution in [-0.4, -0.2) is 20.6 Å². The fourth-order valence-corrected chi connectivity index (χ4v) is 4.30. The number of benzene rings is 2. The minimum atomic E-state index is -4.19. The molecule has 2 aromatic carbocycles. The van der Waals surface area contributed by atoms with E-state index >= 15 is 0 Å². The Morgan fingerprint density at radius 3 is 2.60 bits per heavy atom. The molecule has 0 saturated carbocycles. The van der Waals surface area contributed by atoms with Crippen LogP contribution in [0.2, 0.25) is 10.0 Å². The lowest BCUT2D eigenvalue weighted by atomic mass is 10.2. The summed E-state index contributed by atoms with van der Waals surface area (Å²) in [5.41, 5.74) is 0.327. The molecule has 0 aliphatic rings. The number of sulfone groups is 1. The number of aromatic hydroxyl groups is 1. The van der Waals surface area contributed by atoms with Crippen LogP contribution in [0.1, 0.15) is 5.56 Å². The van der Waals surface area contributed by atoms with Gasteiger partial charge in [0.1, 0.15) is 11.0 Å². The van der Waals surface area contributed by atoms with Gasteiger partial charge in [0.15, 0.2) is 11.5 Å². The minimum absolute atomic E-state index is 0.0482. The summed E-state index contributed by atoms with van der Waals surface area (Å²) in [6.07, 6.45) is 1.15. The largest absolute Gasteiger partial charge is 0.504 e. The maximum atomic E-state index is 12.7. The predicted octanol–water partition coefficient (Wildman–Crippen LogP) is 4.81. The fraction of sp³-hybridized carbons (Fsp3) is 0.0625. The van der Waals surface area contributed by atoms with Crippen LogP contribution < -0.4 is 4.74 Å². The van der Waals surface area contributed by atoms with E-state index in [9.17, 15) is 18.8 Å². The quantitative estimate of drug-likeness (QED) is 0.658. The van der Waals surface area contributed by atoms with Gasteiger partial charge in [-0.1, -0.05) is 39.1 Å². The molecule has 0 radical (unpaired) electrons. The second-order valence-corrected chi connectivity index (χ2v) is 8.33. The Balaban J connectivity index is 2.66. The third-order valence-electron chi connectivity index (χ3n) is 3.17. The standard InChI is InChI=1S/C16H10BrCl2NO4S/c1-24-15-5-9(12(17)7-14(15)21)4-11(8-20)25(22,23)16-6-10(18)2-3-13(16)19/h2-7,21H,1H3. The third-order valence-corrected chi connectivity index (χ3v) is 6.24. The summed E-state index contributed by atoms with van der Waals surface area (Å²) in [5.74, 6) is -0.00398. The van der Waals surface area contributed by atoms with E-state index in [4.69, 9.17) is 27.9 Å². The number of nitriles is 1. The van der Waals surface area contributed by atoms with E-state index in [0.29, 0.717) is 10.0 Å². The molecule has 25 heavy (non-hydrogen) atoms. The highest BCUT2D eigenvalue weighted by Gasteiger charge is 2.24. The Hall–Kier alpha value is -1.72. The van der Waals surface area contributed by atoms with Crippen molar-refractivity contribution in [3.8, 4) is 17.6 Å². The second kappa shape index (κ2) is 7.67. The highest BCUT2D eigenvalue weighted by molar-refractivity contribution is 9.10.